The molecule has 1 aliphatic carbocycles. The van der Waals surface area contributed by atoms with Crippen LogP contribution >= 0.6 is 0 Å². The fraction of sp³-hybridized carbons (Fsp3) is 0.667. The Balaban J connectivity index is 1.93. The van der Waals surface area contributed by atoms with Gasteiger partial charge in [0.2, 0.25) is 0 Å². The summed E-state index contributed by atoms with van der Waals surface area (Å²) in [6.07, 6.45) is 8.73. The van der Waals surface area contributed by atoms with Gasteiger partial charge in [-0.3, -0.25) is 0 Å². The van der Waals surface area contributed by atoms with E-state index in [1.54, 1.807) is 0 Å². The number of anilines is 1. The Morgan fingerprint density at radius 1 is 1.33 bits per heavy atom. The molecule has 18 heavy (non-hydrogen) atoms. The first-order valence-electron chi connectivity index (χ1n) is 7.24. The lowest BCUT2D eigenvalue weighted by atomic mass is 9.91. The van der Waals surface area contributed by atoms with Gasteiger partial charge in [0.1, 0.15) is 5.82 Å². The van der Waals surface area contributed by atoms with E-state index in [-0.39, 0.29) is 6.04 Å². The molecule has 0 bridgehead atoms. The maximum atomic E-state index is 6.09. The lowest BCUT2D eigenvalue weighted by Gasteiger charge is -2.39. The number of aromatic nitrogens is 1. The van der Waals surface area contributed by atoms with Crippen LogP contribution in [-0.4, -0.2) is 17.6 Å². The van der Waals surface area contributed by atoms with Gasteiger partial charge in [-0.15, -0.1) is 0 Å². The topological polar surface area (TPSA) is 42.1 Å². The van der Waals surface area contributed by atoms with E-state index in [9.17, 15) is 0 Å². The second-order valence-corrected chi connectivity index (χ2v) is 5.80. The molecular weight excluding hydrogens is 222 g/mol. The normalized spacial score (nSPS) is 29.1. The van der Waals surface area contributed by atoms with Crippen molar-refractivity contribution in [3.05, 3.63) is 23.9 Å². The predicted octanol–water partition coefficient (Wildman–Crippen LogP) is 2.87. The fourth-order valence-corrected chi connectivity index (χ4v) is 3.72. The Morgan fingerprint density at radius 2 is 2.17 bits per heavy atom. The van der Waals surface area contributed by atoms with Gasteiger partial charge < -0.3 is 10.6 Å². The third kappa shape index (κ3) is 2.01. The number of hydrogen-bond acceptors (Lipinski definition) is 3. The van der Waals surface area contributed by atoms with Crippen LogP contribution < -0.4 is 10.6 Å². The van der Waals surface area contributed by atoms with Crippen molar-refractivity contribution < 1.29 is 0 Å². The van der Waals surface area contributed by atoms with Gasteiger partial charge in [-0.1, -0.05) is 12.5 Å². The second-order valence-electron chi connectivity index (χ2n) is 5.80. The quantitative estimate of drug-likeness (QED) is 0.871. The molecule has 3 nitrogen and oxygen atoms in total. The lowest BCUT2D eigenvalue weighted by molar-refractivity contribution is 0.359. The molecular formula is C15H23N3. The molecule has 2 heterocycles. The first kappa shape index (κ1) is 12.0. The summed E-state index contributed by atoms with van der Waals surface area (Å²) in [7, 11) is 0. The highest BCUT2D eigenvalue weighted by atomic mass is 15.2. The molecule has 0 spiro atoms. The minimum Gasteiger partial charge on any atom is -0.353 e. The standard InChI is InChI=1S/C15H23N3/c1-11(16)13-7-3-9-17-15(13)18-10-4-6-12-5-2-8-14(12)18/h3,7,9,11-12,14H,2,4-6,8,10,16H2,1H3/t11-,12?,14?/m1/s1. The first-order valence-corrected chi connectivity index (χ1v) is 7.24. The lowest BCUT2D eigenvalue weighted by Crippen LogP contribution is -2.43. The molecule has 98 valence electrons. The zero-order valence-electron chi connectivity index (χ0n) is 11.2. The van der Waals surface area contributed by atoms with Crippen molar-refractivity contribution in [2.24, 2.45) is 11.7 Å². The Hall–Kier alpha value is -1.09. The molecule has 1 aromatic rings. The summed E-state index contributed by atoms with van der Waals surface area (Å²) >= 11 is 0. The maximum Gasteiger partial charge on any atom is 0.133 e. The summed E-state index contributed by atoms with van der Waals surface area (Å²) in [5.41, 5.74) is 7.29. The molecule has 1 saturated heterocycles. The van der Waals surface area contributed by atoms with Crippen LogP contribution in [0.25, 0.3) is 0 Å². The van der Waals surface area contributed by atoms with Crippen LogP contribution in [0.15, 0.2) is 18.3 Å². The highest BCUT2D eigenvalue weighted by Crippen LogP contribution is 2.39. The van der Waals surface area contributed by atoms with Gasteiger partial charge >= 0.3 is 0 Å². The van der Waals surface area contributed by atoms with Gasteiger partial charge in [0.15, 0.2) is 0 Å². The fourth-order valence-electron chi connectivity index (χ4n) is 3.72. The molecule has 3 heteroatoms. The number of rotatable bonds is 2. The van der Waals surface area contributed by atoms with Crippen LogP contribution in [0.4, 0.5) is 5.82 Å². The molecule has 1 saturated carbocycles. The molecule has 2 N–H and O–H groups in total. The van der Waals surface area contributed by atoms with Crippen LogP contribution in [0.2, 0.25) is 0 Å². The average Bonchev–Trinajstić information content (AvgIpc) is 2.86. The minimum absolute atomic E-state index is 0.0653. The van der Waals surface area contributed by atoms with Crippen molar-refractivity contribution in [1.82, 2.24) is 4.98 Å². The van der Waals surface area contributed by atoms with Crippen molar-refractivity contribution in [1.29, 1.82) is 0 Å². The van der Waals surface area contributed by atoms with Gasteiger partial charge in [-0.2, -0.15) is 0 Å². The Morgan fingerprint density at radius 3 is 3.00 bits per heavy atom. The Bertz CT molecular complexity index is 416. The van der Waals surface area contributed by atoms with E-state index >= 15 is 0 Å². The third-order valence-corrected chi connectivity index (χ3v) is 4.57. The van der Waals surface area contributed by atoms with E-state index in [1.165, 1.54) is 37.7 Å². The van der Waals surface area contributed by atoms with E-state index in [4.69, 9.17) is 5.73 Å². The van der Waals surface area contributed by atoms with Crippen LogP contribution in [0.1, 0.15) is 50.6 Å². The average molecular weight is 245 g/mol. The van der Waals surface area contributed by atoms with E-state index in [0.717, 1.165) is 18.3 Å². The molecule has 2 aliphatic rings. The number of fused-ring (bicyclic) bond motifs is 1. The maximum absolute atomic E-state index is 6.09. The van der Waals surface area contributed by atoms with Crippen LogP contribution in [-0.2, 0) is 0 Å². The molecule has 0 amide bonds. The summed E-state index contributed by atoms with van der Waals surface area (Å²) in [5, 5.41) is 0. The van der Waals surface area contributed by atoms with Crippen molar-refractivity contribution >= 4 is 5.82 Å². The Labute approximate surface area is 109 Å². The Kier molecular flexibility index (Phi) is 3.25. The predicted molar refractivity (Wildman–Crippen MR) is 74.5 cm³/mol. The van der Waals surface area contributed by atoms with Crippen molar-refractivity contribution in [2.45, 2.75) is 51.1 Å². The summed E-state index contributed by atoms with van der Waals surface area (Å²) in [6.45, 7) is 3.20. The van der Waals surface area contributed by atoms with Gasteiger partial charge in [0, 0.05) is 30.4 Å². The van der Waals surface area contributed by atoms with Gasteiger partial charge in [0.25, 0.3) is 0 Å². The summed E-state index contributed by atoms with van der Waals surface area (Å²) in [4.78, 5) is 7.17. The van der Waals surface area contributed by atoms with E-state index in [2.05, 4.69) is 22.9 Å². The van der Waals surface area contributed by atoms with Gasteiger partial charge in [0.05, 0.1) is 0 Å². The number of hydrogen-bond donors (Lipinski definition) is 1. The van der Waals surface area contributed by atoms with Crippen molar-refractivity contribution in [3.63, 3.8) is 0 Å². The van der Waals surface area contributed by atoms with Crippen molar-refractivity contribution in [2.75, 3.05) is 11.4 Å². The molecule has 0 aromatic carbocycles. The van der Waals surface area contributed by atoms with Crippen LogP contribution in [0.3, 0.4) is 0 Å². The minimum atomic E-state index is 0.0653. The van der Waals surface area contributed by atoms with E-state index in [1.807, 2.05) is 12.3 Å². The SMILES string of the molecule is C[C@@H](N)c1cccnc1N1CCCC2CCCC21. The van der Waals surface area contributed by atoms with E-state index < -0.39 is 0 Å². The van der Waals surface area contributed by atoms with Crippen LogP contribution in [0, 0.1) is 5.92 Å². The molecule has 2 unspecified atom stereocenters. The number of piperidine rings is 1. The number of nitrogens with zero attached hydrogens (tertiary/aromatic N) is 2. The molecule has 3 atom stereocenters. The molecule has 1 aromatic heterocycles. The largest absolute Gasteiger partial charge is 0.353 e. The van der Waals surface area contributed by atoms with E-state index in [0.29, 0.717) is 6.04 Å². The molecule has 2 fully saturated rings. The highest BCUT2D eigenvalue weighted by Gasteiger charge is 2.36. The van der Waals surface area contributed by atoms with Gasteiger partial charge in [-0.25, -0.2) is 4.98 Å². The molecule has 3 rings (SSSR count). The van der Waals surface area contributed by atoms with Gasteiger partial charge in [-0.05, 0) is 44.6 Å². The third-order valence-electron chi connectivity index (χ3n) is 4.57. The summed E-state index contributed by atoms with van der Waals surface area (Å²) in [6, 6.07) is 4.91. The number of nitrogens with two attached hydrogens (primary N) is 1. The summed E-state index contributed by atoms with van der Waals surface area (Å²) < 4.78 is 0. The smallest absolute Gasteiger partial charge is 0.133 e. The molecule has 1 aliphatic heterocycles. The first-order chi connectivity index (χ1) is 8.77. The van der Waals surface area contributed by atoms with Crippen LogP contribution in [0.5, 0.6) is 0 Å². The summed E-state index contributed by atoms with van der Waals surface area (Å²) in [5.74, 6) is 2.03. The molecule has 0 radical (unpaired) electrons. The zero-order valence-corrected chi connectivity index (χ0v) is 11.2. The highest BCUT2D eigenvalue weighted by molar-refractivity contribution is 5.50. The second kappa shape index (κ2) is 4.88. The number of pyridine rings is 1. The van der Waals surface area contributed by atoms with Crippen molar-refractivity contribution in [3.8, 4) is 0 Å². The monoisotopic (exact) mass is 245 g/mol. The zero-order chi connectivity index (χ0) is 12.5.